The van der Waals surface area contributed by atoms with Gasteiger partial charge in [-0.15, -0.1) is 0 Å². The maximum absolute atomic E-state index is 13.8. The van der Waals surface area contributed by atoms with Crippen molar-refractivity contribution in [2.75, 3.05) is 7.11 Å². The number of methoxy groups -OCH3 is 1. The molecule has 0 heterocycles. The molecule has 182 valence electrons. The predicted molar refractivity (Wildman–Crippen MR) is 143 cm³/mol. The smallest absolute Gasteiger partial charge is 0.165 e. The van der Waals surface area contributed by atoms with Gasteiger partial charge in [0, 0.05) is 12.5 Å². The Balaban J connectivity index is 1.26. The van der Waals surface area contributed by atoms with E-state index in [9.17, 15) is 4.79 Å². The number of rotatable bonds is 3. The van der Waals surface area contributed by atoms with Crippen LogP contribution in [0.4, 0.5) is 0 Å². The Morgan fingerprint density at radius 3 is 2.31 bits per heavy atom. The largest absolute Gasteiger partial charge is 0.381 e. The number of ether oxygens (including phenoxy) is 1. The van der Waals surface area contributed by atoms with Crippen LogP contribution >= 0.6 is 0 Å². The molecule has 0 radical (unpaired) electrons. The van der Waals surface area contributed by atoms with Crippen molar-refractivity contribution in [3.63, 3.8) is 0 Å². The van der Waals surface area contributed by atoms with Crippen molar-refractivity contribution in [3.05, 3.63) is 77.4 Å². The summed E-state index contributed by atoms with van der Waals surface area (Å²) in [5, 5.41) is 0. The van der Waals surface area contributed by atoms with Crippen molar-refractivity contribution in [1.82, 2.24) is 0 Å². The summed E-state index contributed by atoms with van der Waals surface area (Å²) in [4.78, 5) is 13.8. The third-order valence-corrected chi connectivity index (χ3v) is 10.4. The molecule has 2 nitrogen and oxygen atoms in total. The first-order chi connectivity index (χ1) is 16.9. The lowest BCUT2D eigenvalue weighted by Crippen LogP contribution is -2.50. The van der Waals surface area contributed by atoms with Crippen LogP contribution in [-0.4, -0.2) is 19.0 Å². The molecule has 0 spiro atoms. The summed E-state index contributed by atoms with van der Waals surface area (Å²) >= 11 is 0. The monoisotopic (exact) mass is 466 g/mol. The van der Waals surface area contributed by atoms with E-state index in [0.29, 0.717) is 35.1 Å². The average Bonchev–Trinajstić information content (AvgIpc) is 3.14. The number of hydrogen-bond acceptors (Lipinski definition) is 2. The average molecular weight is 467 g/mol. The number of hydrogen-bond donors (Lipinski definition) is 0. The van der Waals surface area contributed by atoms with Gasteiger partial charge in [-0.1, -0.05) is 80.1 Å². The van der Waals surface area contributed by atoms with Crippen LogP contribution in [0.3, 0.4) is 0 Å². The maximum atomic E-state index is 13.8. The summed E-state index contributed by atoms with van der Waals surface area (Å²) in [6.07, 6.45) is 12.9. The summed E-state index contributed by atoms with van der Waals surface area (Å²) in [5.74, 6) is 2.21. The summed E-state index contributed by atoms with van der Waals surface area (Å²) < 4.78 is 5.73. The highest BCUT2D eigenvalue weighted by Gasteiger charge is 2.59. The fourth-order valence-corrected chi connectivity index (χ4v) is 8.23. The molecule has 4 aliphatic carbocycles. The molecule has 0 aliphatic heterocycles. The van der Waals surface area contributed by atoms with Gasteiger partial charge in [0.25, 0.3) is 0 Å². The SMILES string of the molecule is COC1CCC2(C)C(=CCC3C4C/C(=C\c5ccc(-c6ccccc6)cc5)C(=O)C4(C)CCC32)C1. The molecule has 6 unspecified atom stereocenters. The third kappa shape index (κ3) is 3.68. The number of carbonyl (C=O) groups is 1. The lowest BCUT2D eigenvalue weighted by Gasteiger charge is -2.56. The molecule has 0 N–H and O–H groups in total. The van der Waals surface area contributed by atoms with Crippen molar-refractivity contribution < 1.29 is 9.53 Å². The van der Waals surface area contributed by atoms with Gasteiger partial charge < -0.3 is 4.74 Å². The van der Waals surface area contributed by atoms with E-state index in [1.807, 2.05) is 13.2 Å². The van der Waals surface area contributed by atoms with Gasteiger partial charge >= 0.3 is 0 Å². The second kappa shape index (κ2) is 8.59. The minimum absolute atomic E-state index is 0.192. The Morgan fingerprint density at radius 2 is 1.57 bits per heavy atom. The fraction of sp³-hybridized carbons (Fsp3) is 0.485. The zero-order valence-electron chi connectivity index (χ0n) is 21.4. The van der Waals surface area contributed by atoms with Crippen molar-refractivity contribution in [2.24, 2.45) is 28.6 Å². The molecule has 6 atom stereocenters. The molecule has 2 aromatic carbocycles. The fourth-order valence-electron chi connectivity index (χ4n) is 8.23. The van der Waals surface area contributed by atoms with E-state index >= 15 is 0 Å². The van der Waals surface area contributed by atoms with Crippen LogP contribution in [0.25, 0.3) is 17.2 Å². The summed E-state index contributed by atoms with van der Waals surface area (Å²) in [5.41, 5.74) is 6.38. The van der Waals surface area contributed by atoms with Crippen molar-refractivity contribution in [3.8, 4) is 11.1 Å². The van der Waals surface area contributed by atoms with E-state index in [4.69, 9.17) is 4.74 Å². The van der Waals surface area contributed by atoms with Gasteiger partial charge in [0.05, 0.1) is 6.10 Å². The number of Topliss-reactive ketones (excluding diaryl/α,β-unsaturated/α-hetero) is 1. The highest BCUT2D eigenvalue weighted by atomic mass is 16.5. The number of allylic oxidation sites excluding steroid dienone is 2. The summed E-state index contributed by atoms with van der Waals surface area (Å²) in [6.45, 7) is 4.80. The van der Waals surface area contributed by atoms with Crippen LogP contribution in [0.1, 0.15) is 64.4 Å². The molecule has 2 heteroatoms. The van der Waals surface area contributed by atoms with Crippen LogP contribution in [-0.2, 0) is 9.53 Å². The molecule has 2 aromatic rings. The van der Waals surface area contributed by atoms with Crippen LogP contribution < -0.4 is 0 Å². The number of ketones is 1. The maximum Gasteiger partial charge on any atom is 0.165 e. The zero-order chi connectivity index (χ0) is 24.2. The lowest BCUT2D eigenvalue weighted by molar-refractivity contribution is -0.130. The minimum Gasteiger partial charge on any atom is -0.381 e. The topological polar surface area (TPSA) is 26.3 Å². The molecule has 4 aliphatic rings. The van der Waals surface area contributed by atoms with E-state index in [-0.39, 0.29) is 5.41 Å². The molecular formula is C33H38O2. The van der Waals surface area contributed by atoms with Gasteiger partial charge in [-0.25, -0.2) is 0 Å². The van der Waals surface area contributed by atoms with Crippen LogP contribution in [0.2, 0.25) is 0 Å². The molecule has 3 saturated carbocycles. The number of fused-ring (bicyclic) bond motifs is 5. The van der Waals surface area contributed by atoms with Crippen molar-refractivity contribution >= 4 is 11.9 Å². The lowest BCUT2D eigenvalue weighted by atomic mass is 9.48. The predicted octanol–water partition coefficient (Wildman–Crippen LogP) is 7.89. The van der Waals surface area contributed by atoms with Crippen molar-refractivity contribution in [2.45, 2.75) is 64.9 Å². The number of carbonyl (C=O) groups excluding carboxylic acids is 1. The molecule has 0 amide bonds. The van der Waals surface area contributed by atoms with E-state index in [1.54, 1.807) is 5.57 Å². The van der Waals surface area contributed by atoms with Gasteiger partial charge in [0.1, 0.15) is 0 Å². The quantitative estimate of drug-likeness (QED) is 0.339. The van der Waals surface area contributed by atoms with Gasteiger partial charge in [0.2, 0.25) is 0 Å². The molecule has 0 aromatic heterocycles. The minimum atomic E-state index is -0.192. The first kappa shape index (κ1) is 23.0. The Kier molecular flexibility index (Phi) is 5.64. The molecule has 3 fully saturated rings. The van der Waals surface area contributed by atoms with E-state index in [1.165, 1.54) is 30.4 Å². The number of benzene rings is 2. The van der Waals surface area contributed by atoms with Gasteiger partial charge in [-0.2, -0.15) is 0 Å². The van der Waals surface area contributed by atoms with E-state index < -0.39 is 0 Å². The first-order valence-corrected chi connectivity index (χ1v) is 13.6. The molecular weight excluding hydrogens is 428 g/mol. The normalized spacial score (nSPS) is 37.4. The van der Waals surface area contributed by atoms with Crippen LogP contribution in [0, 0.1) is 28.6 Å². The Hall–Kier alpha value is -2.45. The third-order valence-electron chi connectivity index (χ3n) is 10.4. The van der Waals surface area contributed by atoms with E-state index in [0.717, 1.165) is 36.8 Å². The zero-order valence-corrected chi connectivity index (χ0v) is 21.4. The second-order valence-corrected chi connectivity index (χ2v) is 12.0. The van der Waals surface area contributed by atoms with Crippen LogP contribution in [0.5, 0.6) is 0 Å². The molecule has 0 bridgehead atoms. The Labute approximate surface area is 210 Å². The highest BCUT2D eigenvalue weighted by Crippen LogP contribution is 2.64. The summed E-state index contributed by atoms with van der Waals surface area (Å²) in [6, 6.07) is 19.2. The molecule has 35 heavy (non-hydrogen) atoms. The summed E-state index contributed by atoms with van der Waals surface area (Å²) in [7, 11) is 1.86. The molecule has 6 rings (SSSR count). The van der Waals surface area contributed by atoms with Gasteiger partial charge in [-0.3, -0.25) is 4.79 Å². The highest BCUT2D eigenvalue weighted by molar-refractivity contribution is 6.06. The van der Waals surface area contributed by atoms with Gasteiger partial charge in [0.15, 0.2) is 5.78 Å². The van der Waals surface area contributed by atoms with Crippen molar-refractivity contribution in [1.29, 1.82) is 0 Å². The Morgan fingerprint density at radius 1 is 0.857 bits per heavy atom. The van der Waals surface area contributed by atoms with Gasteiger partial charge in [-0.05, 0) is 96.5 Å². The second-order valence-electron chi connectivity index (χ2n) is 12.0. The Bertz CT molecular complexity index is 1170. The standard InChI is InChI=1S/C33H38O2/c1-32-17-15-27(35-3)21-26(32)13-14-28-29(32)16-18-33(2)30(28)20-25(31(33)34)19-22-9-11-24(12-10-22)23-7-5-4-6-8-23/h4-13,19,27-30H,14-18,20-21H2,1-3H3/b25-19+. The van der Waals surface area contributed by atoms with E-state index in [2.05, 4.69) is 74.5 Å². The molecule has 0 saturated heterocycles. The first-order valence-electron chi connectivity index (χ1n) is 13.6. The van der Waals surface area contributed by atoms with Crippen LogP contribution in [0.15, 0.2) is 71.8 Å².